The molecule has 0 N–H and O–H groups in total. The van der Waals surface area contributed by atoms with Crippen LogP contribution < -0.4 is 4.74 Å². The summed E-state index contributed by atoms with van der Waals surface area (Å²) in [7, 11) is 0. The molecule has 11 heteroatoms. The predicted octanol–water partition coefficient (Wildman–Crippen LogP) is 2.53. The molecule has 4 atom stereocenters. The molecule has 1 aliphatic rings. The van der Waals surface area contributed by atoms with E-state index >= 15 is 0 Å². The molecular weight excluding hydrogens is 443 g/mol. The molecule has 0 amide bonds. The Labute approximate surface area is 187 Å². The van der Waals surface area contributed by atoms with E-state index in [1.54, 1.807) is 12.1 Å². The van der Waals surface area contributed by atoms with E-state index in [9.17, 15) is 18.8 Å². The largest absolute Gasteiger partial charge is 0.474 e. The fraction of sp³-hybridized carbons (Fsp3) is 0.381. The maximum Gasteiger partial charge on any atom is 0.303 e. The number of halogens is 1. The van der Waals surface area contributed by atoms with E-state index < -0.39 is 47.5 Å². The normalized spacial score (nSPS) is 22.5. The van der Waals surface area contributed by atoms with Crippen LogP contribution in [0.5, 0.6) is 5.75 Å². The Hall–Kier alpha value is -3.21. The van der Waals surface area contributed by atoms with Crippen molar-refractivity contribution in [3.8, 4) is 17.0 Å². The van der Waals surface area contributed by atoms with Gasteiger partial charge in [0.05, 0.1) is 18.1 Å². The fourth-order valence-corrected chi connectivity index (χ4v) is 4.33. The van der Waals surface area contributed by atoms with Gasteiger partial charge in [-0.2, -0.15) is 0 Å². The van der Waals surface area contributed by atoms with Crippen molar-refractivity contribution in [1.82, 2.24) is 9.97 Å². The van der Waals surface area contributed by atoms with E-state index in [2.05, 4.69) is 9.97 Å². The Morgan fingerprint density at radius 2 is 1.66 bits per heavy atom. The van der Waals surface area contributed by atoms with Crippen LogP contribution >= 0.6 is 11.8 Å². The summed E-state index contributed by atoms with van der Waals surface area (Å²) >= 11 is 1.24. The maximum absolute atomic E-state index is 13.4. The average Bonchev–Trinajstić information content (AvgIpc) is 2.72. The molecule has 1 aliphatic heterocycles. The molecule has 1 saturated heterocycles. The molecule has 0 saturated carbocycles. The lowest BCUT2D eigenvalue weighted by Crippen LogP contribution is -2.55. The molecule has 170 valence electrons. The van der Waals surface area contributed by atoms with Crippen molar-refractivity contribution in [2.24, 2.45) is 0 Å². The van der Waals surface area contributed by atoms with Crippen LogP contribution in [0.2, 0.25) is 0 Å². The third-order valence-electron chi connectivity index (χ3n) is 4.29. The van der Waals surface area contributed by atoms with E-state index in [1.165, 1.54) is 51.0 Å². The number of hydrogen-bond donors (Lipinski definition) is 0. The third-order valence-corrected chi connectivity index (χ3v) is 5.51. The van der Waals surface area contributed by atoms with Gasteiger partial charge in [0.1, 0.15) is 11.6 Å². The van der Waals surface area contributed by atoms with E-state index in [4.69, 9.17) is 18.9 Å². The summed E-state index contributed by atoms with van der Waals surface area (Å²) in [4.78, 5) is 42.9. The van der Waals surface area contributed by atoms with Gasteiger partial charge in [0.2, 0.25) is 0 Å². The minimum Gasteiger partial charge on any atom is -0.474 e. The van der Waals surface area contributed by atoms with E-state index in [0.717, 1.165) is 6.20 Å². The number of hydrogen-bond acceptors (Lipinski definition) is 10. The number of thioether (sulfide) groups is 1. The summed E-state index contributed by atoms with van der Waals surface area (Å²) in [5.41, 5.74) is 0.226. The number of ether oxygens (including phenoxy) is 4. The molecule has 0 spiro atoms. The number of rotatable bonds is 6. The highest BCUT2D eigenvalue weighted by Gasteiger charge is 2.47. The van der Waals surface area contributed by atoms with Gasteiger partial charge < -0.3 is 18.9 Å². The lowest BCUT2D eigenvalue weighted by molar-refractivity contribution is -0.186. The molecule has 3 rings (SSSR count). The Balaban J connectivity index is 1.81. The summed E-state index contributed by atoms with van der Waals surface area (Å²) in [6.45, 7) is 3.66. The lowest BCUT2D eigenvalue weighted by atomic mass is 10.1. The van der Waals surface area contributed by atoms with Crippen molar-refractivity contribution in [3.63, 3.8) is 0 Å². The monoisotopic (exact) mass is 464 g/mol. The molecular formula is C21H21FN2O7S. The predicted molar refractivity (Wildman–Crippen MR) is 111 cm³/mol. The summed E-state index contributed by atoms with van der Waals surface area (Å²) < 4.78 is 35.3. The van der Waals surface area contributed by atoms with Crippen LogP contribution in [0.1, 0.15) is 20.8 Å². The Bertz CT molecular complexity index is 988. The Kier molecular flexibility index (Phi) is 7.62. The SMILES string of the molecule is CC(=O)O[C@@H]1[C@@H](OC(C)=O)[C@H](OC(C)=O)CS[C@H]1Oc1ccc(-c2cncc(F)c2)nc1. The van der Waals surface area contributed by atoms with Crippen LogP contribution in [0.25, 0.3) is 11.3 Å². The van der Waals surface area contributed by atoms with Crippen LogP contribution in [0, 0.1) is 5.82 Å². The number of nitrogens with zero attached hydrogens (tertiary/aromatic N) is 2. The second kappa shape index (κ2) is 10.4. The zero-order chi connectivity index (χ0) is 23.3. The van der Waals surface area contributed by atoms with Gasteiger partial charge in [-0.15, -0.1) is 11.8 Å². The lowest BCUT2D eigenvalue weighted by Gasteiger charge is -2.39. The third kappa shape index (κ3) is 6.16. The molecule has 0 bridgehead atoms. The maximum atomic E-state index is 13.4. The highest BCUT2D eigenvalue weighted by atomic mass is 32.2. The van der Waals surface area contributed by atoms with Crippen molar-refractivity contribution >= 4 is 29.7 Å². The van der Waals surface area contributed by atoms with E-state index in [0.29, 0.717) is 17.0 Å². The molecule has 1 fully saturated rings. The molecule has 3 heterocycles. The summed E-state index contributed by atoms with van der Waals surface area (Å²) in [6, 6.07) is 4.56. The van der Waals surface area contributed by atoms with Gasteiger partial charge >= 0.3 is 17.9 Å². The number of esters is 3. The number of aromatic nitrogens is 2. The van der Waals surface area contributed by atoms with E-state index in [-0.39, 0.29) is 5.75 Å². The molecule has 2 aromatic heterocycles. The molecule has 0 unspecified atom stereocenters. The van der Waals surface area contributed by atoms with Gasteiger partial charge in [0.15, 0.2) is 23.7 Å². The second-order valence-corrected chi connectivity index (χ2v) is 8.02. The van der Waals surface area contributed by atoms with Crippen molar-refractivity contribution in [3.05, 3.63) is 42.6 Å². The highest BCUT2D eigenvalue weighted by Crippen LogP contribution is 2.34. The van der Waals surface area contributed by atoms with Crippen molar-refractivity contribution in [2.75, 3.05) is 5.75 Å². The molecule has 2 aromatic rings. The van der Waals surface area contributed by atoms with Crippen molar-refractivity contribution < 1.29 is 37.7 Å². The molecule has 32 heavy (non-hydrogen) atoms. The van der Waals surface area contributed by atoms with Gasteiger partial charge in [0, 0.05) is 38.3 Å². The first kappa shape index (κ1) is 23.5. The highest BCUT2D eigenvalue weighted by molar-refractivity contribution is 7.99. The first-order valence-electron chi connectivity index (χ1n) is 9.60. The zero-order valence-corrected chi connectivity index (χ0v) is 18.3. The minimum atomic E-state index is -1.04. The van der Waals surface area contributed by atoms with Crippen LogP contribution in [-0.4, -0.2) is 57.4 Å². The number of carbonyl (C=O) groups excluding carboxylic acids is 3. The van der Waals surface area contributed by atoms with Crippen molar-refractivity contribution in [1.29, 1.82) is 0 Å². The summed E-state index contributed by atoms with van der Waals surface area (Å²) in [5.74, 6) is -1.67. The van der Waals surface area contributed by atoms with Crippen LogP contribution in [-0.2, 0) is 28.6 Å². The van der Waals surface area contributed by atoms with Gasteiger partial charge in [-0.3, -0.25) is 24.4 Å². The Morgan fingerprint density at radius 1 is 0.969 bits per heavy atom. The zero-order valence-electron chi connectivity index (χ0n) is 17.5. The standard InChI is InChI=1S/C21H21FN2O7S/c1-11(25)28-18-10-32-21(20(30-13(3)27)19(18)29-12(2)26)31-16-4-5-17(24-9-16)14-6-15(22)8-23-7-14/h4-9,18-21H,10H2,1-3H3/t18-,19+,20-,21-/m1/s1. The van der Waals surface area contributed by atoms with E-state index in [1.807, 2.05) is 0 Å². The fourth-order valence-electron chi connectivity index (χ4n) is 3.12. The first-order valence-corrected chi connectivity index (χ1v) is 10.6. The number of pyridine rings is 2. The van der Waals surface area contributed by atoms with Gasteiger partial charge in [0.25, 0.3) is 0 Å². The first-order chi connectivity index (χ1) is 15.2. The van der Waals surface area contributed by atoms with Gasteiger partial charge in [-0.25, -0.2) is 4.39 Å². The number of carbonyl (C=O) groups is 3. The second-order valence-electron chi connectivity index (χ2n) is 6.89. The molecule has 0 aromatic carbocycles. The van der Waals surface area contributed by atoms with Crippen molar-refractivity contribution in [2.45, 2.75) is 44.5 Å². The van der Waals surface area contributed by atoms with Gasteiger partial charge in [-0.1, -0.05) is 0 Å². The van der Waals surface area contributed by atoms with Crippen LogP contribution in [0.15, 0.2) is 36.8 Å². The molecule has 9 nitrogen and oxygen atoms in total. The molecule has 0 radical (unpaired) electrons. The smallest absolute Gasteiger partial charge is 0.303 e. The molecule has 0 aliphatic carbocycles. The Morgan fingerprint density at radius 3 is 2.25 bits per heavy atom. The summed E-state index contributed by atoms with van der Waals surface area (Å²) in [5, 5.41) is 0. The van der Waals surface area contributed by atoms with Crippen LogP contribution in [0.4, 0.5) is 4.39 Å². The van der Waals surface area contributed by atoms with Gasteiger partial charge in [-0.05, 0) is 18.2 Å². The summed E-state index contributed by atoms with van der Waals surface area (Å²) in [6.07, 6.45) is 1.12. The quantitative estimate of drug-likeness (QED) is 0.467. The topological polar surface area (TPSA) is 114 Å². The average molecular weight is 464 g/mol. The van der Waals surface area contributed by atoms with Crippen LogP contribution in [0.3, 0.4) is 0 Å². The minimum absolute atomic E-state index is 0.250.